The van der Waals surface area contributed by atoms with Crippen molar-refractivity contribution in [2.45, 2.75) is 64.0 Å². The van der Waals surface area contributed by atoms with Gasteiger partial charge in [0.15, 0.2) is 0 Å². The zero-order valence-corrected chi connectivity index (χ0v) is 11.8. The maximum Gasteiger partial charge on any atom is 0.0593 e. The maximum atomic E-state index is 10.2. The van der Waals surface area contributed by atoms with Gasteiger partial charge >= 0.3 is 0 Å². The van der Waals surface area contributed by atoms with Gasteiger partial charge < -0.3 is 9.84 Å². The number of aliphatic hydroxyl groups excluding tert-OH is 1. The van der Waals surface area contributed by atoms with E-state index in [4.69, 9.17) is 4.74 Å². The highest BCUT2D eigenvalue weighted by molar-refractivity contribution is 4.90. The zero-order chi connectivity index (χ0) is 12.8. The Kier molecular flexibility index (Phi) is 5.93. The highest BCUT2D eigenvalue weighted by Crippen LogP contribution is 2.34. The molecule has 1 aliphatic heterocycles. The molecule has 0 radical (unpaired) electrons. The van der Waals surface area contributed by atoms with E-state index in [0.717, 1.165) is 32.6 Å². The molecule has 1 saturated carbocycles. The quantitative estimate of drug-likeness (QED) is 0.740. The molecule has 3 unspecified atom stereocenters. The first kappa shape index (κ1) is 14.3. The summed E-state index contributed by atoms with van der Waals surface area (Å²) < 4.78 is 5.60. The lowest BCUT2D eigenvalue weighted by Crippen LogP contribution is -2.43. The minimum atomic E-state index is -0.0547. The second kappa shape index (κ2) is 7.46. The Balaban J connectivity index is 1.78. The van der Waals surface area contributed by atoms with Crippen molar-refractivity contribution in [3.8, 4) is 0 Å². The number of nitrogens with zero attached hydrogens (tertiary/aromatic N) is 1. The SMILES string of the molecule is CCCOCCN1CCCC1C1CCCCC1O. The Labute approximate surface area is 112 Å². The second-order valence-electron chi connectivity index (χ2n) is 5.87. The third-order valence-corrected chi connectivity index (χ3v) is 4.56. The largest absolute Gasteiger partial charge is 0.393 e. The van der Waals surface area contributed by atoms with Gasteiger partial charge in [-0.3, -0.25) is 4.90 Å². The third kappa shape index (κ3) is 3.69. The van der Waals surface area contributed by atoms with Crippen LogP contribution in [0.1, 0.15) is 51.9 Å². The molecule has 1 saturated heterocycles. The van der Waals surface area contributed by atoms with Crippen molar-refractivity contribution in [3.63, 3.8) is 0 Å². The number of likely N-dealkylation sites (tertiary alicyclic amines) is 1. The number of aliphatic hydroxyl groups is 1. The van der Waals surface area contributed by atoms with Gasteiger partial charge in [-0.05, 0) is 38.6 Å². The van der Waals surface area contributed by atoms with Crippen LogP contribution in [0.25, 0.3) is 0 Å². The van der Waals surface area contributed by atoms with E-state index in [0.29, 0.717) is 12.0 Å². The van der Waals surface area contributed by atoms with Gasteiger partial charge in [0.05, 0.1) is 12.7 Å². The fraction of sp³-hybridized carbons (Fsp3) is 1.00. The third-order valence-electron chi connectivity index (χ3n) is 4.56. The number of ether oxygens (including phenoxy) is 1. The Morgan fingerprint density at radius 2 is 1.94 bits per heavy atom. The molecule has 0 aromatic carbocycles. The van der Waals surface area contributed by atoms with Crippen LogP contribution in [0, 0.1) is 5.92 Å². The normalized spacial score (nSPS) is 34.0. The lowest BCUT2D eigenvalue weighted by molar-refractivity contribution is 0.0131. The molecular formula is C15H29NO2. The number of hydrogen-bond donors (Lipinski definition) is 1. The van der Waals surface area contributed by atoms with E-state index in [-0.39, 0.29) is 6.10 Å². The van der Waals surface area contributed by atoms with Crippen LogP contribution in [-0.2, 0) is 4.74 Å². The second-order valence-corrected chi connectivity index (χ2v) is 5.87. The van der Waals surface area contributed by atoms with E-state index in [1.54, 1.807) is 0 Å². The van der Waals surface area contributed by atoms with Gasteiger partial charge in [0, 0.05) is 25.1 Å². The number of rotatable bonds is 6. The van der Waals surface area contributed by atoms with E-state index >= 15 is 0 Å². The van der Waals surface area contributed by atoms with E-state index < -0.39 is 0 Å². The van der Waals surface area contributed by atoms with Crippen LogP contribution in [-0.4, -0.2) is 48.5 Å². The summed E-state index contributed by atoms with van der Waals surface area (Å²) in [6.45, 7) is 6.13. The lowest BCUT2D eigenvalue weighted by Gasteiger charge is -2.37. The van der Waals surface area contributed by atoms with Crippen LogP contribution in [0.3, 0.4) is 0 Å². The van der Waals surface area contributed by atoms with Crippen molar-refractivity contribution in [1.29, 1.82) is 0 Å². The topological polar surface area (TPSA) is 32.7 Å². The number of hydrogen-bond acceptors (Lipinski definition) is 3. The Bertz CT molecular complexity index is 235. The van der Waals surface area contributed by atoms with Crippen molar-refractivity contribution in [3.05, 3.63) is 0 Å². The minimum Gasteiger partial charge on any atom is -0.393 e. The molecule has 2 aliphatic rings. The standard InChI is InChI=1S/C15H29NO2/c1-2-11-18-12-10-16-9-5-7-14(16)13-6-3-4-8-15(13)17/h13-15,17H,2-12H2,1H3. The van der Waals surface area contributed by atoms with Crippen molar-refractivity contribution in [2.75, 3.05) is 26.3 Å². The van der Waals surface area contributed by atoms with Crippen LogP contribution >= 0.6 is 0 Å². The Morgan fingerprint density at radius 3 is 2.72 bits per heavy atom. The molecule has 2 fully saturated rings. The molecule has 3 heteroatoms. The average molecular weight is 255 g/mol. The molecule has 1 heterocycles. The summed E-state index contributed by atoms with van der Waals surface area (Å²) in [5.74, 6) is 0.521. The van der Waals surface area contributed by atoms with Crippen molar-refractivity contribution in [1.82, 2.24) is 4.90 Å². The van der Waals surface area contributed by atoms with Gasteiger partial charge in [-0.15, -0.1) is 0 Å². The van der Waals surface area contributed by atoms with Crippen molar-refractivity contribution >= 4 is 0 Å². The average Bonchev–Trinajstić information content (AvgIpc) is 2.83. The first-order valence-corrected chi connectivity index (χ1v) is 7.82. The van der Waals surface area contributed by atoms with Crippen LogP contribution in [0.15, 0.2) is 0 Å². The molecule has 0 aromatic rings. The molecular weight excluding hydrogens is 226 g/mol. The molecule has 18 heavy (non-hydrogen) atoms. The summed E-state index contributed by atoms with van der Waals surface area (Å²) in [4.78, 5) is 2.56. The zero-order valence-electron chi connectivity index (χ0n) is 11.8. The van der Waals surface area contributed by atoms with E-state index in [1.165, 1.54) is 38.6 Å². The monoisotopic (exact) mass is 255 g/mol. The Hall–Kier alpha value is -0.120. The summed E-state index contributed by atoms with van der Waals surface area (Å²) in [5.41, 5.74) is 0. The van der Waals surface area contributed by atoms with Crippen LogP contribution in [0.4, 0.5) is 0 Å². The minimum absolute atomic E-state index is 0.0547. The van der Waals surface area contributed by atoms with E-state index in [1.807, 2.05) is 0 Å². The molecule has 106 valence electrons. The predicted molar refractivity (Wildman–Crippen MR) is 73.7 cm³/mol. The molecule has 0 aromatic heterocycles. The van der Waals surface area contributed by atoms with E-state index in [2.05, 4.69) is 11.8 Å². The van der Waals surface area contributed by atoms with Gasteiger partial charge in [-0.2, -0.15) is 0 Å². The van der Waals surface area contributed by atoms with Gasteiger partial charge in [-0.1, -0.05) is 19.8 Å². The van der Waals surface area contributed by atoms with Crippen LogP contribution < -0.4 is 0 Å². The first-order chi connectivity index (χ1) is 8.83. The van der Waals surface area contributed by atoms with Crippen molar-refractivity contribution in [2.24, 2.45) is 5.92 Å². The van der Waals surface area contributed by atoms with Gasteiger partial charge in [0.25, 0.3) is 0 Å². The van der Waals surface area contributed by atoms with E-state index in [9.17, 15) is 5.11 Å². The molecule has 0 spiro atoms. The summed E-state index contributed by atoms with van der Waals surface area (Å²) in [7, 11) is 0. The molecule has 1 aliphatic carbocycles. The van der Waals surface area contributed by atoms with Crippen molar-refractivity contribution < 1.29 is 9.84 Å². The van der Waals surface area contributed by atoms with Gasteiger partial charge in [0.2, 0.25) is 0 Å². The van der Waals surface area contributed by atoms with Crippen LogP contribution in [0.2, 0.25) is 0 Å². The highest BCUT2D eigenvalue weighted by atomic mass is 16.5. The molecule has 2 rings (SSSR count). The molecule has 3 atom stereocenters. The fourth-order valence-corrected chi connectivity index (χ4v) is 3.63. The lowest BCUT2D eigenvalue weighted by atomic mass is 9.80. The van der Waals surface area contributed by atoms with Gasteiger partial charge in [0.1, 0.15) is 0 Å². The maximum absolute atomic E-state index is 10.2. The molecule has 0 bridgehead atoms. The highest BCUT2D eigenvalue weighted by Gasteiger charge is 2.36. The fourth-order valence-electron chi connectivity index (χ4n) is 3.63. The first-order valence-electron chi connectivity index (χ1n) is 7.82. The smallest absolute Gasteiger partial charge is 0.0593 e. The summed E-state index contributed by atoms with van der Waals surface area (Å²) in [5, 5.41) is 10.2. The summed E-state index contributed by atoms with van der Waals surface area (Å²) in [6, 6.07) is 0.616. The Morgan fingerprint density at radius 1 is 1.11 bits per heavy atom. The van der Waals surface area contributed by atoms with Gasteiger partial charge in [-0.25, -0.2) is 0 Å². The summed E-state index contributed by atoms with van der Waals surface area (Å²) >= 11 is 0. The molecule has 1 N–H and O–H groups in total. The molecule has 0 amide bonds. The van der Waals surface area contributed by atoms with Crippen LogP contribution in [0.5, 0.6) is 0 Å². The molecule has 3 nitrogen and oxygen atoms in total. The predicted octanol–water partition coefficient (Wildman–Crippen LogP) is 2.43. The summed E-state index contributed by atoms with van der Waals surface area (Å²) in [6.07, 6.45) is 8.37.